The van der Waals surface area contributed by atoms with Crippen molar-refractivity contribution in [1.82, 2.24) is 4.90 Å². The number of hydrogen-bond donors (Lipinski definition) is 1. The molecule has 1 fully saturated rings. The van der Waals surface area contributed by atoms with Crippen molar-refractivity contribution < 1.29 is 32.3 Å². The number of carbonyl (C=O) groups excluding carboxylic acids is 1. The minimum Gasteiger partial charge on any atom is -0.478 e. The van der Waals surface area contributed by atoms with E-state index in [9.17, 15) is 22.8 Å². The van der Waals surface area contributed by atoms with Gasteiger partial charge in [-0.3, -0.25) is 4.79 Å². The zero-order valence-electron chi connectivity index (χ0n) is 14.2. The van der Waals surface area contributed by atoms with Crippen LogP contribution in [0, 0.1) is 0 Å². The number of benzene rings is 1. The van der Waals surface area contributed by atoms with E-state index in [0.29, 0.717) is 31.9 Å². The highest BCUT2D eigenvalue weighted by molar-refractivity contribution is 5.91. The molecule has 1 aliphatic rings. The van der Waals surface area contributed by atoms with Crippen molar-refractivity contribution in [3.05, 3.63) is 53.5 Å². The van der Waals surface area contributed by atoms with Crippen LogP contribution in [-0.2, 0) is 6.42 Å². The van der Waals surface area contributed by atoms with Gasteiger partial charge in [0.05, 0.1) is 18.2 Å². The third kappa shape index (κ3) is 4.42. The third-order valence-corrected chi connectivity index (χ3v) is 4.36. The molecule has 0 saturated carbocycles. The Morgan fingerprint density at radius 1 is 1.11 bits per heavy atom. The maximum absolute atomic E-state index is 12.9. The van der Waals surface area contributed by atoms with Crippen LogP contribution in [0.15, 0.2) is 41.0 Å². The third-order valence-electron chi connectivity index (χ3n) is 4.36. The first-order chi connectivity index (χ1) is 12.7. The number of alkyl halides is 3. The second kappa shape index (κ2) is 7.34. The number of aromatic carboxylic acids is 1. The molecule has 144 valence electrons. The summed E-state index contributed by atoms with van der Waals surface area (Å²) in [5, 5.41) is 9.05. The van der Waals surface area contributed by atoms with Crippen molar-refractivity contribution in [2.45, 2.75) is 12.6 Å². The highest BCUT2D eigenvalue weighted by Gasteiger charge is 2.31. The predicted octanol–water partition coefficient (Wildman–Crippen LogP) is 3.05. The number of furan rings is 1. The Labute approximate surface area is 152 Å². The highest BCUT2D eigenvalue weighted by Crippen LogP contribution is 2.30. The molecule has 0 atom stereocenters. The molecule has 0 unspecified atom stereocenters. The Bertz CT molecular complexity index is 826. The Balaban J connectivity index is 1.77. The topological polar surface area (TPSA) is 74.0 Å². The van der Waals surface area contributed by atoms with Gasteiger partial charge in [-0.15, -0.1) is 0 Å². The summed E-state index contributed by atoms with van der Waals surface area (Å²) in [5.41, 5.74) is 0.0558. The van der Waals surface area contributed by atoms with Crippen LogP contribution in [0.3, 0.4) is 0 Å². The zero-order chi connectivity index (χ0) is 19.6. The summed E-state index contributed by atoms with van der Waals surface area (Å²) >= 11 is 0. The summed E-state index contributed by atoms with van der Waals surface area (Å²) in [7, 11) is 0. The number of hydrogen-bond acceptors (Lipinski definition) is 4. The number of amides is 1. The molecule has 1 N–H and O–H groups in total. The molecule has 1 aromatic heterocycles. The van der Waals surface area contributed by atoms with Gasteiger partial charge in [-0.2, -0.15) is 13.2 Å². The van der Waals surface area contributed by atoms with Gasteiger partial charge in [-0.05, 0) is 35.9 Å². The van der Waals surface area contributed by atoms with Gasteiger partial charge in [0.25, 0.3) is 5.91 Å². The molecule has 0 aliphatic carbocycles. The summed E-state index contributed by atoms with van der Waals surface area (Å²) in [6.45, 7) is 1.32. The molecular weight excluding hydrogens is 365 g/mol. The summed E-state index contributed by atoms with van der Waals surface area (Å²) < 4.78 is 43.8. The molecule has 1 aliphatic heterocycles. The number of piperazine rings is 1. The molecule has 2 aromatic rings. The van der Waals surface area contributed by atoms with E-state index in [2.05, 4.69) is 0 Å². The van der Waals surface area contributed by atoms with E-state index in [-0.39, 0.29) is 22.8 Å². The van der Waals surface area contributed by atoms with Crippen molar-refractivity contribution in [2.75, 3.05) is 31.1 Å². The van der Waals surface area contributed by atoms with Crippen LogP contribution in [0.4, 0.5) is 18.9 Å². The number of nitrogens with zero attached hydrogens (tertiary/aromatic N) is 2. The second-order valence-electron chi connectivity index (χ2n) is 6.20. The van der Waals surface area contributed by atoms with Crippen LogP contribution in [0.2, 0.25) is 0 Å². The molecule has 27 heavy (non-hydrogen) atoms. The van der Waals surface area contributed by atoms with Gasteiger partial charge < -0.3 is 19.3 Å². The maximum atomic E-state index is 12.9. The number of carboxylic acid groups (broad SMARTS) is 1. The molecule has 6 nitrogen and oxygen atoms in total. The van der Waals surface area contributed by atoms with E-state index >= 15 is 0 Å². The van der Waals surface area contributed by atoms with E-state index in [4.69, 9.17) is 9.52 Å². The molecule has 0 spiro atoms. The molecule has 0 radical (unpaired) electrons. The van der Waals surface area contributed by atoms with Crippen LogP contribution in [0.25, 0.3) is 0 Å². The van der Waals surface area contributed by atoms with Crippen molar-refractivity contribution in [3.8, 4) is 0 Å². The van der Waals surface area contributed by atoms with E-state index in [1.54, 1.807) is 21.9 Å². The number of rotatable bonds is 4. The predicted molar refractivity (Wildman–Crippen MR) is 90.0 cm³/mol. The average Bonchev–Trinajstić information content (AvgIpc) is 3.14. The lowest BCUT2D eigenvalue weighted by molar-refractivity contribution is -0.127. The molecular formula is C18H17F3N2O4. The van der Waals surface area contributed by atoms with Gasteiger partial charge in [-0.1, -0.05) is 0 Å². The van der Waals surface area contributed by atoms with E-state index in [1.165, 1.54) is 18.4 Å². The standard InChI is InChI=1S/C18H17F3N2O4/c19-18(20,21)11-13-10-12(17(25)26)3-4-14(13)22-5-7-23(8-6-22)16(24)15-2-1-9-27-15/h1-4,9-10H,5-8,11H2,(H,25,26). The Hall–Kier alpha value is -2.97. The Morgan fingerprint density at radius 2 is 1.81 bits per heavy atom. The van der Waals surface area contributed by atoms with Crippen LogP contribution in [0.5, 0.6) is 0 Å². The molecule has 1 amide bonds. The number of anilines is 1. The SMILES string of the molecule is O=C(O)c1ccc(N2CCN(C(=O)c3ccco3)CC2)c(CC(F)(F)F)c1. The molecule has 1 saturated heterocycles. The number of halogens is 3. The van der Waals surface area contributed by atoms with Gasteiger partial charge in [0.2, 0.25) is 0 Å². The van der Waals surface area contributed by atoms with Crippen LogP contribution in [0.1, 0.15) is 26.5 Å². The lowest BCUT2D eigenvalue weighted by Crippen LogP contribution is -2.49. The average molecular weight is 382 g/mol. The lowest BCUT2D eigenvalue weighted by atomic mass is 10.0. The molecule has 0 bridgehead atoms. The first-order valence-corrected chi connectivity index (χ1v) is 8.25. The number of carbonyl (C=O) groups is 2. The zero-order valence-corrected chi connectivity index (χ0v) is 14.2. The van der Waals surface area contributed by atoms with Crippen molar-refractivity contribution in [3.63, 3.8) is 0 Å². The van der Waals surface area contributed by atoms with Crippen molar-refractivity contribution >= 4 is 17.6 Å². The second-order valence-corrected chi connectivity index (χ2v) is 6.20. The van der Waals surface area contributed by atoms with Crippen LogP contribution in [-0.4, -0.2) is 54.2 Å². The molecule has 1 aromatic carbocycles. The van der Waals surface area contributed by atoms with Gasteiger partial charge >= 0.3 is 12.1 Å². The number of carboxylic acids is 1. The molecule has 9 heteroatoms. The van der Waals surface area contributed by atoms with Crippen LogP contribution >= 0.6 is 0 Å². The fourth-order valence-corrected chi connectivity index (χ4v) is 3.09. The first kappa shape index (κ1) is 18.8. The summed E-state index contributed by atoms with van der Waals surface area (Å²) in [4.78, 5) is 26.7. The Kier molecular flexibility index (Phi) is 5.11. The fraction of sp³-hybridized carbons (Fsp3) is 0.333. The van der Waals surface area contributed by atoms with Crippen LogP contribution < -0.4 is 4.90 Å². The van der Waals surface area contributed by atoms with E-state index < -0.39 is 18.6 Å². The molecule has 3 rings (SSSR count). The van der Waals surface area contributed by atoms with Gasteiger partial charge in [-0.25, -0.2) is 4.79 Å². The van der Waals surface area contributed by atoms with E-state index in [0.717, 1.165) is 6.07 Å². The Morgan fingerprint density at radius 3 is 2.37 bits per heavy atom. The van der Waals surface area contributed by atoms with Gasteiger partial charge in [0.1, 0.15) is 0 Å². The van der Waals surface area contributed by atoms with Crippen molar-refractivity contribution in [2.24, 2.45) is 0 Å². The minimum atomic E-state index is -4.46. The van der Waals surface area contributed by atoms with E-state index in [1.807, 2.05) is 0 Å². The monoisotopic (exact) mass is 382 g/mol. The van der Waals surface area contributed by atoms with Gasteiger partial charge in [0.15, 0.2) is 5.76 Å². The highest BCUT2D eigenvalue weighted by atomic mass is 19.4. The van der Waals surface area contributed by atoms with Crippen molar-refractivity contribution in [1.29, 1.82) is 0 Å². The minimum absolute atomic E-state index is 0.0896. The fourth-order valence-electron chi connectivity index (χ4n) is 3.09. The lowest BCUT2D eigenvalue weighted by Gasteiger charge is -2.36. The normalized spacial score (nSPS) is 15.1. The summed E-state index contributed by atoms with van der Waals surface area (Å²) in [5.74, 6) is -1.33. The quantitative estimate of drug-likeness (QED) is 0.880. The largest absolute Gasteiger partial charge is 0.478 e. The molecule has 2 heterocycles. The summed E-state index contributed by atoms with van der Waals surface area (Å²) in [6, 6.07) is 6.91. The van der Waals surface area contributed by atoms with Gasteiger partial charge in [0, 0.05) is 31.9 Å². The maximum Gasteiger partial charge on any atom is 0.393 e. The smallest absolute Gasteiger partial charge is 0.393 e. The summed E-state index contributed by atoms with van der Waals surface area (Å²) in [6.07, 6.45) is -4.27. The first-order valence-electron chi connectivity index (χ1n) is 8.25.